The molecule has 0 amide bonds. The Hall–Kier alpha value is -1.18. The van der Waals surface area contributed by atoms with Crippen LogP contribution >= 0.6 is 0 Å². The van der Waals surface area contributed by atoms with Crippen LogP contribution in [0, 0.1) is 5.92 Å². The van der Waals surface area contributed by atoms with E-state index >= 15 is 0 Å². The highest BCUT2D eigenvalue weighted by atomic mass is 16.5. The van der Waals surface area contributed by atoms with Gasteiger partial charge in [0.05, 0.1) is 0 Å². The molecule has 1 fully saturated rings. The molecule has 3 atom stereocenters. The lowest BCUT2D eigenvalue weighted by Gasteiger charge is -2.55. The lowest BCUT2D eigenvalue weighted by atomic mass is 9.61. The minimum Gasteiger partial charge on any atom is -0.487 e. The van der Waals surface area contributed by atoms with Crippen molar-refractivity contribution < 1.29 is 9.47 Å². The van der Waals surface area contributed by atoms with Crippen LogP contribution < -0.4 is 9.47 Å². The third kappa shape index (κ3) is 2.45. The Bertz CT molecular complexity index is 601. The van der Waals surface area contributed by atoms with Crippen molar-refractivity contribution in [2.45, 2.75) is 89.8 Å². The number of rotatable bonds is 4. The van der Waals surface area contributed by atoms with E-state index in [9.17, 15) is 0 Å². The van der Waals surface area contributed by atoms with Crippen LogP contribution in [0.2, 0.25) is 0 Å². The van der Waals surface area contributed by atoms with Crippen LogP contribution in [-0.2, 0) is 6.42 Å². The van der Waals surface area contributed by atoms with Gasteiger partial charge in [-0.2, -0.15) is 0 Å². The summed E-state index contributed by atoms with van der Waals surface area (Å²) in [6.07, 6.45) is 8.45. The number of fused-ring (bicyclic) bond motifs is 1. The Labute approximate surface area is 140 Å². The number of ether oxygens (including phenoxy) is 2. The first-order valence-electron chi connectivity index (χ1n) is 9.47. The molecule has 0 radical (unpaired) electrons. The zero-order valence-corrected chi connectivity index (χ0v) is 15.1. The highest BCUT2D eigenvalue weighted by Gasteiger charge is 2.54. The summed E-state index contributed by atoms with van der Waals surface area (Å²) in [5, 5.41) is 0. The lowest BCUT2D eigenvalue weighted by molar-refractivity contribution is -0.0727. The standard InChI is InChI=1S/C21H30O2/c1-5-6-7-8-14-11-17-19-15-13-21(4,23-18(19)12-14)10-9-16(15)20(2,3)22-17/h11-12,15-16H,5-10,13H2,1-4H3/t15-,16?,21-/m1/s1. The summed E-state index contributed by atoms with van der Waals surface area (Å²) < 4.78 is 13.0. The average Bonchev–Trinajstić information content (AvgIpc) is 2.45. The molecule has 1 aliphatic carbocycles. The second kappa shape index (κ2) is 5.16. The summed E-state index contributed by atoms with van der Waals surface area (Å²) in [5.74, 6) is 3.45. The molecule has 2 aliphatic heterocycles. The molecular weight excluding hydrogens is 284 g/mol. The van der Waals surface area contributed by atoms with Crippen molar-refractivity contribution in [3.05, 3.63) is 23.3 Å². The summed E-state index contributed by atoms with van der Waals surface area (Å²) in [4.78, 5) is 0. The maximum atomic E-state index is 6.49. The Morgan fingerprint density at radius 2 is 1.83 bits per heavy atom. The van der Waals surface area contributed by atoms with Gasteiger partial charge in [0.25, 0.3) is 0 Å². The Balaban J connectivity index is 1.76. The third-order valence-electron chi connectivity index (χ3n) is 6.35. The fourth-order valence-electron chi connectivity index (χ4n) is 5.14. The molecule has 0 aromatic heterocycles. The highest BCUT2D eigenvalue weighted by molar-refractivity contribution is 5.54. The van der Waals surface area contributed by atoms with Crippen molar-refractivity contribution in [2.75, 3.05) is 0 Å². The molecule has 2 bridgehead atoms. The normalized spacial score (nSPS) is 32.9. The molecule has 0 spiro atoms. The molecule has 2 heterocycles. The predicted molar refractivity (Wildman–Crippen MR) is 93.5 cm³/mol. The molecule has 2 nitrogen and oxygen atoms in total. The van der Waals surface area contributed by atoms with Gasteiger partial charge < -0.3 is 9.47 Å². The number of hydrogen-bond acceptors (Lipinski definition) is 2. The largest absolute Gasteiger partial charge is 0.487 e. The fourth-order valence-corrected chi connectivity index (χ4v) is 5.14. The van der Waals surface area contributed by atoms with Gasteiger partial charge in [0.1, 0.15) is 22.7 Å². The zero-order chi connectivity index (χ0) is 16.2. The van der Waals surface area contributed by atoms with E-state index in [1.807, 2.05) is 0 Å². The van der Waals surface area contributed by atoms with E-state index in [-0.39, 0.29) is 11.2 Å². The molecule has 126 valence electrons. The molecule has 0 saturated heterocycles. The molecule has 1 aromatic rings. The molecular formula is C21H30O2. The van der Waals surface area contributed by atoms with E-state index in [4.69, 9.17) is 9.47 Å². The van der Waals surface area contributed by atoms with Gasteiger partial charge in [-0.15, -0.1) is 0 Å². The summed E-state index contributed by atoms with van der Waals surface area (Å²) in [6, 6.07) is 4.61. The van der Waals surface area contributed by atoms with Gasteiger partial charge in [0.15, 0.2) is 0 Å². The van der Waals surface area contributed by atoms with Gasteiger partial charge in [-0.1, -0.05) is 19.8 Å². The second-order valence-corrected chi connectivity index (χ2v) is 8.68. The van der Waals surface area contributed by atoms with E-state index in [2.05, 4.69) is 39.8 Å². The Morgan fingerprint density at radius 1 is 1.09 bits per heavy atom. The topological polar surface area (TPSA) is 18.5 Å². The van der Waals surface area contributed by atoms with Crippen LogP contribution in [0.5, 0.6) is 11.5 Å². The summed E-state index contributed by atoms with van der Waals surface area (Å²) in [7, 11) is 0. The Morgan fingerprint density at radius 3 is 2.57 bits per heavy atom. The van der Waals surface area contributed by atoms with Crippen LogP contribution in [0.4, 0.5) is 0 Å². The van der Waals surface area contributed by atoms with Crippen molar-refractivity contribution in [1.82, 2.24) is 0 Å². The molecule has 1 aromatic carbocycles. The summed E-state index contributed by atoms with van der Waals surface area (Å²) in [5.41, 5.74) is 2.71. The van der Waals surface area contributed by atoms with Crippen molar-refractivity contribution in [3.8, 4) is 11.5 Å². The maximum absolute atomic E-state index is 6.49. The lowest BCUT2D eigenvalue weighted by Crippen LogP contribution is -2.53. The number of benzene rings is 1. The van der Waals surface area contributed by atoms with Gasteiger partial charge >= 0.3 is 0 Å². The average molecular weight is 314 g/mol. The van der Waals surface area contributed by atoms with E-state index in [1.54, 1.807) is 0 Å². The highest BCUT2D eigenvalue weighted by Crippen LogP contribution is 2.60. The van der Waals surface area contributed by atoms with E-state index in [1.165, 1.54) is 36.8 Å². The molecule has 0 N–H and O–H groups in total. The van der Waals surface area contributed by atoms with E-state index in [0.717, 1.165) is 30.8 Å². The van der Waals surface area contributed by atoms with Gasteiger partial charge in [-0.3, -0.25) is 0 Å². The predicted octanol–water partition coefficient (Wildman–Crippen LogP) is 5.63. The first-order valence-corrected chi connectivity index (χ1v) is 9.47. The van der Waals surface area contributed by atoms with Crippen molar-refractivity contribution in [3.63, 3.8) is 0 Å². The minimum absolute atomic E-state index is 0.0287. The van der Waals surface area contributed by atoms with Gasteiger partial charge in [-0.25, -0.2) is 0 Å². The van der Waals surface area contributed by atoms with Crippen molar-refractivity contribution >= 4 is 0 Å². The Kier molecular flexibility index (Phi) is 3.44. The zero-order valence-electron chi connectivity index (χ0n) is 15.1. The van der Waals surface area contributed by atoms with Crippen LogP contribution in [0.15, 0.2) is 12.1 Å². The van der Waals surface area contributed by atoms with Gasteiger partial charge in [0, 0.05) is 17.4 Å². The molecule has 2 heteroatoms. The van der Waals surface area contributed by atoms with Crippen LogP contribution in [0.1, 0.15) is 83.3 Å². The fraction of sp³-hybridized carbons (Fsp3) is 0.714. The van der Waals surface area contributed by atoms with Crippen LogP contribution in [-0.4, -0.2) is 11.2 Å². The smallest absolute Gasteiger partial charge is 0.127 e. The molecule has 1 saturated carbocycles. The summed E-state index contributed by atoms with van der Waals surface area (Å²) in [6.45, 7) is 9.12. The van der Waals surface area contributed by atoms with Crippen LogP contribution in [0.3, 0.4) is 0 Å². The summed E-state index contributed by atoms with van der Waals surface area (Å²) >= 11 is 0. The quantitative estimate of drug-likeness (QED) is 0.671. The van der Waals surface area contributed by atoms with Gasteiger partial charge in [0.2, 0.25) is 0 Å². The second-order valence-electron chi connectivity index (χ2n) is 8.68. The monoisotopic (exact) mass is 314 g/mol. The number of hydrogen-bond donors (Lipinski definition) is 0. The number of aryl methyl sites for hydroxylation is 1. The minimum atomic E-state index is -0.0599. The first kappa shape index (κ1) is 15.4. The SMILES string of the molecule is CCCCCc1cc2c3c(c1)O[C@]1(C)CCC([C@H]3C1)C(C)(C)O2. The molecule has 4 rings (SSSR count). The maximum Gasteiger partial charge on any atom is 0.127 e. The number of unbranched alkanes of at least 4 members (excludes halogenated alkanes) is 2. The van der Waals surface area contributed by atoms with E-state index < -0.39 is 0 Å². The van der Waals surface area contributed by atoms with Crippen LogP contribution in [0.25, 0.3) is 0 Å². The molecule has 1 unspecified atom stereocenters. The van der Waals surface area contributed by atoms with Crippen molar-refractivity contribution in [2.24, 2.45) is 5.92 Å². The molecule has 23 heavy (non-hydrogen) atoms. The van der Waals surface area contributed by atoms with E-state index in [0.29, 0.717) is 11.8 Å². The van der Waals surface area contributed by atoms with Gasteiger partial charge in [-0.05, 0) is 70.6 Å². The van der Waals surface area contributed by atoms with Crippen molar-refractivity contribution in [1.29, 1.82) is 0 Å². The molecule has 3 aliphatic rings. The third-order valence-corrected chi connectivity index (χ3v) is 6.35. The first-order chi connectivity index (χ1) is 10.9.